The second kappa shape index (κ2) is 4.22. The zero-order valence-electron chi connectivity index (χ0n) is 9.36. The van der Waals surface area contributed by atoms with Crippen LogP contribution in [0.4, 0.5) is 0 Å². The van der Waals surface area contributed by atoms with Gasteiger partial charge in [-0.15, -0.1) is 0 Å². The van der Waals surface area contributed by atoms with Crippen LogP contribution in [0.5, 0.6) is 0 Å². The number of imidazole rings is 1. The van der Waals surface area contributed by atoms with Crippen molar-refractivity contribution in [1.29, 1.82) is 0 Å². The van der Waals surface area contributed by atoms with E-state index in [2.05, 4.69) is 15.0 Å². The third kappa shape index (κ3) is 1.92. The summed E-state index contributed by atoms with van der Waals surface area (Å²) in [5.41, 5.74) is 0.134. The van der Waals surface area contributed by atoms with Gasteiger partial charge in [-0.25, -0.2) is 4.79 Å². The van der Waals surface area contributed by atoms with Crippen molar-refractivity contribution >= 4 is 35.0 Å². The summed E-state index contributed by atoms with van der Waals surface area (Å²) >= 11 is 11.0. The topological polar surface area (TPSA) is 86.4 Å². The quantitative estimate of drug-likeness (QED) is 0.597. The highest BCUT2D eigenvalue weighted by molar-refractivity contribution is 7.71. The first-order valence-corrected chi connectivity index (χ1v) is 6.08. The lowest BCUT2D eigenvalue weighted by molar-refractivity contribution is 1.01. The molecule has 0 spiro atoms. The molecule has 1 aromatic carbocycles. The first-order valence-electron chi connectivity index (χ1n) is 5.29. The number of aromatic nitrogens is 4. The van der Waals surface area contributed by atoms with E-state index in [0.717, 1.165) is 0 Å². The third-order valence-electron chi connectivity index (χ3n) is 2.67. The number of fused-ring (bicyclic) bond motifs is 1. The van der Waals surface area contributed by atoms with E-state index in [4.69, 9.17) is 23.8 Å². The van der Waals surface area contributed by atoms with Crippen molar-refractivity contribution in [2.75, 3.05) is 0 Å². The van der Waals surface area contributed by atoms with Gasteiger partial charge in [0.25, 0.3) is 5.56 Å². The molecule has 0 amide bonds. The predicted molar refractivity (Wildman–Crippen MR) is 74.7 cm³/mol. The van der Waals surface area contributed by atoms with Gasteiger partial charge in [0.1, 0.15) is 5.52 Å². The minimum absolute atomic E-state index is 0.222. The molecule has 0 saturated carbocycles. The number of nitrogens with one attached hydrogen (secondary N) is 3. The van der Waals surface area contributed by atoms with Crippen LogP contribution in [0.2, 0.25) is 5.02 Å². The number of hydrogen-bond acceptors (Lipinski definition) is 3. The number of H-pyrrole nitrogens is 3. The van der Waals surface area contributed by atoms with E-state index in [1.807, 2.05) is 0 Å². The zero-order valence-corrected chi connectivity index (χ0v) is 10.9. The van der Waals surface area contributed by atoms with Crippen molar-refractivity contribution in [3.8, 4) is 5.69 Å². The normalized spacial score (nSPS) is 11.0. The Bertz CT molecular complexity index is 932. The number of benzene rings is 1. The molecule has 3 aromatic rings. The SMILES string of the molecule is O=c1[nH]c(=O)c2[nH]c(=S)n(-c3ccc(Cl)cc3)c2[nH]1. The van der Waals surface area contributed by atoms with Crippen molar-refractivity contribution in [3.63, 3.8) is 0 Å². The maximum atomic E-state index is 11.7. The Hall–Kier alpha value is -2.12. The van der Waals surface area contributed by atoms with Crippen molar-refractivity contribution < 1.29 is 0 Å². The third-order valence-corrected chi connectivity index (χ3v) is 3.20. The van der Waals surface area contributed by atoms with E-state index in [1.54, 1.807) is 28.8 Å². The molecule has 3 N–H and O–H groups in total. The van der Waals surface area contributed by atoms with Crippen LogP contribution in [0.1, 0.15) is 0 Å². The van der Waals surface area contributed by atoms with Gasteiger partial charge in [-0.05, 0) is 36.5 Å². The summed E-state index contributed by atoms with van der Waals surface area (Å²) in [6.45, 7) is 0. The van der Waals surface area contributed by atoms with Crippen LogP contribution in [-0.2, 0) is 0 Å². The maximum absolute atomic E-state index is 11.7. The van der Waals surface area contributed by atoms with E-state index in [0.29, 0.717) is 21.1 Å². The van der Waals surface area contributed by atoms with Crippen LogP contribution in [-0.4, -0.2) is 19.5 Å². The van der Waals surface area contributed by atoms with Gasteiger partial charge in [0.15, 0.2) is 10.4 Å². The van der Waals surface area contributed by atoms with E-state index in [9.17, 15) is 9.59 Å². The molecule has 0 unspecified atom stereocenters. The molecule has 0 saturated heterocycles. The van der Waals surface area contributed by atoms with E-state index in [1.165, 1.54) is 0 Å². The minimum Gasteiger partial charge on any atom is -0.324 e. The lowest BCUT2D eigenvalue weighted by Gasteiger charge is -2.03. The molecule has 96 valence electrons. The van der Waals surface area contributed by atoms with Crippen molar-refractivity contribution in [1.82, 2.24) is 19.5 Å². The standard InChI is InChI=1S/C11H7ClN4O2S/c12-5-1-3-6(4-2-5)16-8-7(13-11(16)19)9(17)15-10(18)14-8/h1-4H,(H,13,19)(H2,14,15,17,18). The molecule has 0 aliphatic rings. The summed E-state index contributed by atoms with van der Waals surface area (Å²) in [5, 5.41) is 0.585. The molecular weight excluding hydrogens is 288 g/mol. The first-order chi connectivity index (χ1) is 9.06. The predicted octanol–water partition coefficient (Wildman–Crippen LogP) is 1.72. The fourth-order valence-electron chi connectivity index (χ4n) is 1.86. The average Bonchev–Trinajstić information content (AvgIpc) is 2.67. The molecule has 0 fully saturated rings. The highest BCUT2D eigenvalue weighted by Gasteiger charge is 2.10. The summed E-state index contributed by atoms with van der Waals surface area (Å²) in [5.74, 6) is 0. The number of halogens is 1. The van der Waals surface area contributed by atoms with E-state index in [-0.39, 0.29) is 5.52 Å². The van der Waals surface area contributed by atoms with Crippen molar-refractivity contribution in [3.05, 3.63) is 54.9 Å². The smallest absolute Gasteiger partial charge is 0.324 e. The largest absolute Gasteiger partial charge is 0.327 e. The van der Waals surface area contributed by atoms with Crippen LogP contribution in [0.15, 0.2) is 33.9 Å². The average molecular weight is 295 g/mol. The molecule has 0 atom stereocenters. The van der Waals surface area contributed by atoms with Gasteiger partial charge in [-0.1, -0.05) is 11.6 Å². The molecule has 6 nitrogen and oxygen atoms in total. The number of aromatic amines is 3. The van der Waals surface area contributed by atoms with Crippen LogP contribution >= 0.6 is 23.8 Å². The molecule has 0 aliphatic carbocycles. The lowest BCUT2D eigenvalue weighted by Crippen LogP contribution is -2.22. The monoisotopic (exact) mass is 294 g/mol. The summed E-state index contributed by atoms with van der Waals surface area (Å²) in [7, 11) is 0. The van der Waals surface area contributed by atoms with Gasteiger partial charge in [0, 0.05) is 10.7 Å². The van der Waals surface area contributed by atoms with Gasteiger partial charge in [0.05, 0.1) is 0 Å². The molecule has 8 heteroatoms. The summed E-state index contributed by atoms with van der Waals surface area (Å²) in [4.78, 5) is 30.5. The molecule has 0 radical (unpaired) electrons. The van der Waals surface area contributed by atoms with Gasteiger partial charge in [-0.2, -0.15) is 0 Å². The van der Waals surface area contributed by atoms with Crippen LogP contribution in [0.25, 0.3) is 16.9 Å². The Kier molecular flexibility index (Phi) is 2.65. The lowest BCUT2D eigenvalue weighted by atomic mass is 10.3. The van der Waals surface area contributed by atoms with Gasteiger partial charge >= 0.3 is 5.69 Å². The molecule has 0 aliphatic heterocycles. The second-order valence-corrected chi connectivity index (χ2v) is 4.70. The highest BCUT2D eigenvalue weighted by Crippen LogP contribution is 2.17. The van der Waals surface area contributed by atoms with Gasteiger partial charge in [-0.3, -0.25) is 19.3 Å². The van der Waals surface area contributed by atoms with Crippen molar-refractivity contribution in [2.45, 2.75) is 0 Å². The fourth-order valence-corrected chi connectivity index (χ4v) is 2.28. The summed E-state index contributed by atoms with van der Waals surface area (Å²) < 4.78 is 1.88. The summed E-state index contributed by atoms with van der Waals surface area (Å²) in [6, 6.07) is 6.88. The van der Waals surface area contributed by atoms with E-state index < -0.39 is 11.2 Å². The molecule has 2 heterocycles. The molecular formula is C11H7ClN4O2S. The maximum Gasteiger partial charge on any atom is 0.327 e. The Morgan fingerprint density at radius 3 is 2.42 bits per heavy atom. The number of hydrogen-bond donors (Lipinski definition) is 3. The molecule has 19 heavy (non-hydrogen) atoms. The molecule has 2 aromatic heterocycles. The van der Waals surface area contributed by atoms with Crippen LogP contribution < -0.4 is 11.2 Å². The second-order valence-electron chi connectivity index (χ2n) is 3.87. The Balaban J connectivity index is 2.44. The number of rotatable bonds is 1. The molecule has 3 rings (SSSR count). The Labute approximate surface area is 115 Å². The minimum atomic E-state index is -0.589. The molecule has 0 bridgehead atoms. The van der Waals surface area contributed by atoms with Crippen LogP contribution in [0.3, 0.4) is 0 Å². The summed E-state index contributed by atoms with van der Waals surface area (Å²) in [6.07, 6.45) is 0. The zero-order chi connectivity index (χ0) is 13.6. The van der Waals surface area contributed by atoms with Gasteiger partial charge < -0.3 is 4.98 Å². The highest BCUT2D eigenvalue weighted by atomic mass is 35.5. The fraction of sp³-hybridized carbons (Fsp3) is 0. The van der Waals surface area contributed by atoms with Crippen molar-refractivity contribution in [2.24, 2.45) is 0 Å². The Morgan fingerprint density at radius 1 is 1.05 bits per heavy atom. The van der Waals surface area contributed by atoms with E-state index >= 15 is 0 Å². The Morgan fingerprint density at radius 2 is 1.74 bits per heavy atom. The number of nitrogens with zero attached hydrogens (tertiary/aromatic N) is 1. The van der Waals surface area contributed by atoms with Crippen LogP contribution in [0, 0.1) is 4.77 Å². The van der Waals surface area contributed by atoms with Gasteiger partial charge in [0.2, 0.25) is 0 Å². The first kappa shape index (κ1) is 11.9.